The number of nitrogens with one attached hydrogen (secondary N) is 1. The van der Waals surface area contributed by atoms with Gasteiger partial charge in [-0.15, -0.1) is 0 Å². The van der Waals surface area contributed by atoms with Crippen LogP contribution in [0, 0.1) is 10.1 Å². The Labute approximate surface area is 174 Å². The highest BCUT2D eigenvalue weighted by molar-refractivity contribution is 7.58. The molecule has 0 aliphatic carbocycles. The summed E-state index contributed by atoms with van der Waals surface area (Å²) in [4.78, 5) is 24.2. The Morgan fingerprint density at radius 2 is 2.07 bits per heavy atom. The minimum absolute atomic E-state index is 0.0206. The van der Waals surface area contributed by atoms with E-state index in [4.69, 9.17) is 16.3 Å². The number of halogens is 4. The zero-order chi connectivity index (χ0) is 22.7. The molecule has 13 heteroatoms. The summed E-state index contributed by atoms with van der Waals surface area (Å²) in [6.45, 7) is 3.15. The number of alkyl halides is 3. The third-order valence-electron chi connectivity index (χ3n) is 4.03. The van der Waals surface area contributed by atoms with Crippen LogP contribution in [0.25, 0.3) is 0 Å². The van der Waals surface area contributed by atoms with Gasteiger partial charge < -0.3 is 14.9 Å². The minimum Gasteiger partial charge on any atom is -0.437 e. The maximum atomic E-state index is 12.7. The Morgan fingerprint density at radius 1 is 1.40 bits per heavy atom. The van der Waals surface area contributed by atoms with Crippen molar-refractivity contribution >= 4 is 30.3 Å². The number of pyridine rings is 1. The topological polar surface area (TPSA) is 115 Å². The van der Waals surface area contributed by atoms with E-state index < -0.39 is 34.8 Å². The van der Waals surface area contributed by atoms with Crippen LogP contribution < -0.4 is 10.1 Å². The van der Waals surface area contributed by atoms with Crippen molar-refractivity contribution in [3.8, 4) is 11.6 Å². The summed E-state index contributed by atoms with van der Waals surface area (Å²) in [5.74, 6) is -1.34. The Bertz CT molecular complexity index is 990. The van der Waals surface area contributed by atoms with Crippen LogP contribution >= 0.6 is 19.0 Å². The molecule has 2 N–H and O–H groups in total. The second kappa shape index (κ2) is 9.20. The maximum Gasteiger partial charge on any atom is 0.417 e. The van der Waals surface area contributed by atoms with Crippen LogP contribution in [-0.4, -0.2) is 26.7 Å². The lowest BCUT2D eigenvalue weighted by atomic mass is 10.2. The lowest BCUT2D eigenvalue weighted by molar-refractivity contribution is -0.384. The van der Waals surface area contributed by atoms with Crippen molar-refractivity contribution in [3.63, 3.8) is 0 Å². The third kappa shape index (κ3) is 5.84. The standard InChI is InChI=1S/C17H18ClF3N3O5P/c1-3-6-30(27,28)10(2)23-14-8-12(4-5-15(14)24(25)26)29-16-13(18)7-11(9-22-16)17(19,20)21/h4-5,7-10,23H,3,6H2,1-2H3,(H,27,28). The maximum absolute atomic E-state index is 12.7. The largest absolute Gasteiger partial charge is 0.437 e. The molecule has 1 aromatic carbocycles. The predicted molar refractivity (Wildman–Crippen MR) is 105 cm³/mol. The van der Waals surface area contributed by atoms with Gasteiger partial charge in [0.1, 0.15) is 22.2 Å². The highest BCUT2D eigenvalue weighted by atomic mass is 35.5. The predicted octanol–water partition coefficient (Wildman–Crippen LogP) is 5.89. The molecule has 1 aromatic heterocycles. The van der Waals surface area contributed by atoms with Gasteiger partial charge in [-0.2, -0.15) is 13.2 Å². The molecule has 0 radical (unpaired) electrons. The molecule has 2 aromatic rings. The van der Waals surface area contributed by atoms with Crippen molar-refractivity contribution in [2.75, 3.05) is 11.5 Å². The average molecular weight is 468 g/mol. The van der Waals surface area contributed by atoms with Crippen LogP contribution in [0.3, 0.4) is 0 Å². The number of anilines is 1. The van der Waals surface area contributed by atoms with Crippen LogP contribution in [0.2, 0.25) is 5.02 Å². The van der Waals surface area contributed by atoms with Crippen molar-refractivity contribution in [2.45, 2.75) is 32.2 Å². The second-order valence-corrected chi connectivity index (χ2v) is 9.49. The van der Waals surface area contributed by atoms with Crippen LogP contribution in [0.15, 0.2) is 30.5 Å². The first-order chi connectivity index (χ1) is 13.8. The molecule has 8 nitrogen and oxygen atoms in total. The number of hydrogen-bond acceptors (Lipinski definition) is 6. The summed E-state index contributed by atoms with van der Waals surface area (Å²) < 4.78 is 55.8. The summed E-state index contributed by atoms with van der Waals surface area (Å²) in [5, 5.41) is 13.5. The molecular weight excluding hydrogens is 450 g/mol. The first-order valence-electron chi connectivity index (χ1n) is 8.62. The van der Waals surface area contributed by atoms with E-state index in [1.54, 1.807) is 6.92 Å². The molecule has 2 rings (SSSR count). The molecule has 0 saturated carbocycles. The minimum atomic E-state index is -4.63. The fourth-order valence-electron chi connectivity index (χ4n) is 2.46. The molecule has 0 amide bonds. The number of rotatable bonds is 8. The van der Waals surface area contributed by atoms with E-state index in [0.29, 0.717) is 18.7 Å². The summed E-state index contributed by atoms with van der Waals surface area (Å²) in [6, 6.07) is 4.11. The molecule has 0 saturated heterocycles. The van der Waals surface area contributed by atoms with Gasteiger partial charge in [0.15, 0.2) is 0 Å². The van der Waals surface area contributed by atoms with Gasteiger partial charge in [0.2, 0.25) is 13.2 Å². The average Bonchev–Trinajstić information content (AvgIpc) is 2.62. The third-order valence-corrected chi connectivity index (χ3v) is 6.73. The fourth-order valence-corrected chi connectivity index (χ4v) is 4.03. The molecule has 0 spiro atoms. The van der Waals surface area contributed by atoms with Crippen molar-refractivity contribution in [3.05, 3.63) is 51.2 Å². The summed E-state index contributed by atoms with van der Waals surface area (Å²) in [5.41, 5.74) is -1.54. The fraction of sp³-hybridized carbons (Fsp3) is 0.353. The van der Waals surface area contributed by atoms with Crippen LogP contribution in [0.5, 0.6) is 11.6 Å². The number of aromatic nitrogens is 1. The molecular formula is C17H18ClF3N3O5P. The number of benzene rings is 1. The van der Waals surface area contributed by atoms with E-state index in [1.165, 1.54) is 19.1 Å². The van der Waals surface area contributed by atoms with Gasteiger partial charge in [-0.1, -0.05) is 18.5 Å². The highest BCUT2D eigenvalue weighted by Crippen LogP contribution is 2.47. The number of nitrogens with zero attached hydrogens (tertiary/aromatic N) is 2. The van der Waals surface area contributed by atoms with E-state index in [9.17, 15) is 32.7 Å². The van der Waals surface area contributed by atoms with Crippen LogP contribution in [0.1, 0.15) is 25.8 Å². The number of nitro groups is 1. The zero-order valence-corrected chi connectivity index (χ0v) is 17.5. The van der Waals surface area contributed by atoms with Crippen LogP contribution in [0.4, 0.5) is 24.5 Å². The molecule has 0 fully saturated rings. The lowest BCUT2D eigenvalue weighted by Crippen LogP contribution is -2.18. The second-order valence-electron chi connectivity index (χ2n) is 6.35. The van der Waals surface area contributed by atoms with Crippen molar-refractivity contribution < 1.29 is 32.3 Å². The molecule has 2 atom stereocenters. The normalized spacial score (nSPS) is 14.6. The monoisotopic (exact) mass is 467 g/mol. The molecule has 30 heavy (non-hydrogen) atoms. The van der Waals surface area contributed by atoms with Gasteiger partial charge in [-0.05, 0) is 25.5 Å². The first kappa shape index (κ1) is 23.9. The zero-order valence-electron chi connectivity index (χ0n) is 15.8. The number of ether oxygens (including phenoxy) is 1. The van der Waals surface area contributed by atoms with E-state index >= 15 is 0 Å². The number of nitro benzene ring substituents is 1. The van der Waals surface area contributed by atoms with E-state index in [-0.39, 0.29) is 29.2 Å². The molecule has 1 heterocycles. The van der Waals surface area contributed by atoms with Gasteiger partial charge in [0.05, 0.1) is 10.5 Å². The van der Waals surface area contributed by atoms with Gasteiger partial charge in [-0.3, -0.25) is 14.7 Å². The molecule has 2 unspecified atom stereocenters. The Hall–Kier alpha value is -2.36. The van der Waals surface area contributed by atoms with Crippen molar-refractivity contribution in [1.82, 2.24) is 4.98 Å². The summed E-state index contributed by atoms with van der Waals surface area (Å²) in [6.07, 6.45) is -3.62. The van der Waals surface area contributed by atoms with Gasteiger partial charge >= 0.3 is 6.18 Å². The molecule has 0 aliphatic rings. The van der Waals surface area contributed by atoms with Gasteiger partial charge in [0.25, 0.3) is 5.69 Å². The Balaban J connectivity index is 2.34. The first-order valence-corrected chi connectivity index (χ1v) is 10.9. The Kier molecular flexibility index (Phi) is 7.33. The lowest BCUT2D eigenvalue weighted by Gasteiger charge is -2.21. The highest BCUT2D eigenvalue weighted by Gasteiger charge is 2.32. The molecule has 0 aliphatic heterocycles. The van der Waals surface area contributed by atoms with E-state index in [2.05, 4.69) is 10.3 Å². The SMILES string of the molecule is CCCP(=O)(O)C(C)Nc1cc(Oc2ncc(C(F)(F)F)cc2Cl)ccc1[N+](=O)[O-]. The van der Waals surface area contributed by atoms with Crippen molar-refractivity contribution in [2.24, 2.45) is 0 Å². The van der Waals surface area contributed by atoms with Gasteiger partial charge in [-0.25, -0.2) is 4.98 Å². The summed E-state index contributed by atoms with van der Waals surface area (Å²) >= 11 is 5.80. The van der Waals surface area contributed by atoms with E-state index in [1.807, 2.05) is 0 Å². The van der Waals surface area contributed by atoms with E-state index in [0.717, 1.165) is 6.07 Å². The van der Waals surface area contributed by atoms with Crippen LogP contribution in [-0.2, 0) is 10.7 Å². The Morgan fingerprint density at radius 3 is 2.60 bits per heavy atom. The molecule has 164 valence electrons. The molecule has 0 bridgehead atoms. The van der Waals surface area contributed by atoms with Gasteiger partial charge in [0, 0.05) is 24.5 Å². The summed E-state index contributed by atoms with van der Waals surface area (Å²) in [7, 11) is -3.62. The smallest absolute Gasteiger partial charge is 0.417 e. The number of hydrogen-bond donors (Lipinski definition) is 2. The van der Waals surface area contributed by atoms with Crippen molar-refractivity contribution in [1.29, 1.82) is 0 Å². The quantitative estimate of drug-likeness (QED) is 0.282.